The van der Waals surface area contributed by atoms with E-state index in [-0.39, 0.29) is 17.9 Å². The molecule has 9 heteroatoms. The number of H-pyrrole nitrogens is 1. The lowest BCUT2D eigenvalue weighted by Crippen LogP contribution is -2.38. The van der Waals surface area contributed by atoms with Gasteiger partial charge < -0.3 is 15.3 Å². The van der Waals surface area contributed by atoms with E-state index < -0.39 is 0 Å². The monoisotopic (exact) mass is 449 g/mol. The SMILES string of the molecule is O=C(CC1CCC(O)CC1)[C@@H]1CCCN1c1nc(Nc2cc(C3CC3)[nH]n2)c2cccn2n1. The maximum absolute atomic E-state index is 13.2. The highest BCUT2D eigenvalue weighted by Crippen LogP contribution is 2.40. The summed E-state index contributed by atoms with van der Waals surface area (Å²) in [6.07, 6.45) is 10.0. The molecule has 3 aromatic rings. The Morgan fingerprint density at radius 2 is 2.03 bits per heavy atom. The lowest BCUT2D eigenvalue weighted by atomic mass is 9.83. The highest BCUT2D eigenvalue weighted by atomic mass is 16.3. The zero-order valence-corrected chi connectivity index (χ0v) is 18.8. The van der Waals surface area contributed by atoms with Crippen LogP contribution in [0.15, 0.2) is 24.4 Å². The number of hydrogen-bond donors (Lipinski definition) is 3. The fraction of sp³-hybridized carbons (Fsp3) is 0.583. The van der Waals surface area contributed by atoms with Crippen molar-refractivity contribution in [3.8, 4) is 0 Å². The molecule has 1 aliphatic heterocycles. The number of Topliss-reactive ketones (excluding diaryl/α,β-unsaturated/α-hetero) is 1. The van der Waals surface area contributed by atoms with E-state index in [0.29, 0.717) is 30.0 Å². The molecule has 33 heavy (non-hydrogen) atoms. The number of fused-ring (bicyclic) bond motifs is 1. The summed E-state index contributed by atoms with van der Waals surface area (Å²) in [5.74, 6) is 3.28. The molecule has 1 saturated heterocycles. The number of hydrogen-bond acceptors (Lipinski definition) is 7. The molecule has 2 saturated carbocycles. The van der Waals surface area contributed by atoms with Crippen molar-refractivity contribution in [2.24, 2.45) is 5.92 Å². The first kappa shape index (κ1) is 20.7. The first-order valence-electron chi connectivity index (χ1n) is 12.3. The number of nitrogens with zero attached hydrogens (tertiary/aromatic N) is 5. The van der Waals surface area contributed by atoms with Crippen LogP contribution in [0.5, 0.6) is 0 Å². The number of ketones is 1. The van der Waals surface area contributed by atoms with Gasteiger partial charge in [0, 0.05) is 36.8 Å². The van der Waals surface area contributed by atoms with Gasteiger partial charge in [0.2, 0.25) is 5.95 Å². The minimum absolute atomic E-state index is 0.176. The van der Waals surface area contributed by atoms with E-state index in [1.165, 1.54) is 18.5 Å². The molecule has 0 spiro atoms. The average molecular weight is 450 g/mol. The van der Waals surface area contributed by atoms with E-state index >= 15 is 0 Å². The topological polar surface area (TPSA) is 111 Å². The molecule has 0 bridgehead atoms. The number of aliphatic hydroxyl groups excluding tert-OH is 1. The number of rotatable bonds is 7. The van der Waals surface area contributed by atoms with Gasteiger partial charge in [-0.15, -0.1) is 5.10 Å². The summed E-state index contributed by atoms with van der Waals surface area (Å²) in [7, 11) is 0. The van der Waals surface area contributed by atoms with Crippen LogP contribution in [0.1, 0.15) is 69.4 Å². The van der Waals surface area contributed by atoms with E-state index in [1.54, 1.807) is 0 Å². The van der Waals surface area contributed by atoms with Gasteiger partial charge in [0.05, 0.1) is 12.1 Å². The van der Waals surface area contributed by atoms with Crippen LogP contribution >= 0.6 is 0 Å². The molecule has 6 rings (SSSR count). The predicted octanol–water partition coefficient (Wildman–Crippen LogP) is 3.55. The molecule has 3 aliphatic rings. The minimum atomic E-state index is -0.193. The minimum Gasteiger partial charge on any atom is -0.393 e. The summed E-state index contributed by atoms with van der Waals surface area (Å²) in [6.45, 7) is 0.778. The average Bonchev–Trinajstić information content (AvgIpc) is 3.20. The molecule has 0 unspecified atom stereocenters. The van der Waals surface area contributed by atoms with Crippen molar-refractivity contribution < 1.29 is 9.90 Å². The third-order valence-electron chi connectivity index (χ3n) is 7.43. The molecule has 9 nitrogen and oxygen atoms in total. The third kappa shape index (κ3) is 4.21. The Hall–Kier alpha value is -2.94. The van der Waals surface area contributed by atoms with Crippen molar-refractivity contribution in [2.75, 3.05) is 16.8 Å². The smallest absolute Gasteiger partial charge is 0.246 e. The Kier molecular flexibility index (Phi) is 5.28. The van der Waals surface area contributed by atoms with E-state index in [1.807, 2.05) is 22.8 Å². The number of carbonyl (C=O) groups is 1. The van der Waals surface area contributed by atoms with Crippen LogP contribution in [0.3, 0.4) is 0 Å². The van der Waals surface area contributed by atoms with E-state index in [0.717, 1.165) is 56.4 Å². The fourth-order valence-electron chi connectivity index (χ4n) is 5.37. The maximum Gasteiger partial charge on any atom is 0.246 e. The summed E-state index contributed by atoms with van der Waals surface area (Å²) < 4.78 is 1.82. The molecule has 4 heterocycles. The van der Waals surface area contributed by atoms with Crippen LogP contribution in [0.4, 0.5) is 17.6 Å². The van der Waals surface area contributed by atoms with Crippen LogP contribution in [-0.4, -0.2) is 54.4 Å². The second-order valence-electron chi connectivity index (χ2n) is 9.90. The second kappa shape index (κ2) is 8.44. The number of nitrogens with one attached hydrogen (secondary N) is 2. The van der Waals surface area contributed by atoms with Crippen molar-refractivity contribution in [1.29, 1.82) is 0 Å². The van der Waals surface area contributed by atoms with Gasteiger partial charge in [-0.25, -0.2) is 4.52 Å². The summed E-state index contributed by atoms with van der Waals surface area (Å²) in [5, 5.41) is 25.4. The van der Waals surface area contributed by atoms with E-state index in [4.69, 9.17) is 10.1 Å². The third-order valence-corrected chi connectivity index (χ3v) is 7.43. The molecule has 3 N–H and O–H groups in total. The summed E-state index contributed by atoms with van der Waals surface area (Å²) in [4.78, 5) is 20.2. The molecule has 0 aromatic carbocycles. The number of carbonyl (C=O) groups excluding carboxylic acids is 1. The van der Waals surface area contributed by atoms with Gasteiger partial charge in [-0.3, -0.25) is 9.89 Å². The summed E-state index contributed by atoms with van der Waals surface area (Å²) >= 11 is 0. The van der Waals surface area contributed by atoms with Gasteiger partial charge in [-0.1, -0.05) is 0 Å². The zero-order chi connectivity index (χ0) is 22.4. The molecular weight excluding hydrogens is 418 g/mol. The van der Waals surface area contributed by atoms with Crippen molar-refractivity contribution in [2.45, 2.75) is 75.9 Å². The molecule has 2 aliphatic carbocycles. The number of aromatic nitrogens is 5. The van der Waals surface area contributed by atoms with Crippen LogP contribution in [0, 0.1) is 5.92 Å². The Bertz CT molecular complexity index is 1140. The molecule has 0 amide bonds. The zero-order valence-electron chi connectivity index (χ0n) is 18.8. The van der Waals surface area contributed by atoms with Crippen LogP contribution in [0.25, 0.3) is 5.52 Å². The summed E-state index contributed by atoms with van der Waals surface area (Å²) in [5.41, 5.74) is 2.04. The van der Waals surface area contributed by atoms with Gasteiger partial charge in [0.15, 0.2) is 17.4 Å². The van der Waals surface area contributed by atoms with Crippen LogP contribution in [0.2, 0.25) is 0 Å². The van der Waals surface area contributed by atoms with Crippen LogP contribution < -0.4 is 10.2 Å². The van der Waals surface area contributed by atoms with Crippen molar-refractivity contribution in [3.05, 3.63) is 30.1 Å². The van der Waals surface area contributed by atoms with Gasteiger partial charge in [0.1, 0.15) is 5.52 Å². The normalized spacial score (nSPS) is 25.6. The second-order valence-corrected chi connectivity index (χ2v) is 9.90. The molecule has 3 aromatic heterocycles. The molecule has 174 valence electrons. The predicted molar refractivity (Wildman–Crippen MR) is 125 cm³/mol. The lowest BCUT2D eigenvalue weighted by molar-refractivity contribution is -0.121. The quantitative estimate of drug-likeness (QED) is 0.506. The Morgan fingerprint density at radius 1 is 1.18 bits per heavy atom. The van der Waals surface area contributed by atoms with Gasteiger partial charge in [-0.05, 0) is 69.4 Å². The summed E-state index contributed by atoms with van der Waals surface area (Å²) in [6, 6.07) is 5.81. The molecule has 0 radical (unpaired) electrons. The van der Waals surface area contributed by atoms with Crippen LogP contribution in [-0.2, 0) is 4.79 Å². The van der Waals surface area contributed by atoms with Gasteiger partial charge in [-0.2, -0.15) is 10.1 Å². The van der Waals surface area contributed by atoms with Crippen molar-refractivity contribution in [3.63, 3.8) is 0 Å². The Morgan fingerprint density at radius 3 is 2.85 bits per heavy atom. The highest BCUT2D eigenvalue weighted by molar-refractivity contribution is 5.87. The number of aromatic amines is 1. The largest absolute Gasteiger partial charge is 0.393 e. The number of anilines is 3. The number of aliphatic hydroxyl groups is 1. The fourth-order valence-corrected chi connectivity index (χ4v) is 5.37. The first-order valence-corrected chi connectivity index (χ1v) is 12.3. The molecule has 1 atom stereocenters. The Balaban J connectivity index is 1.23. The van der Waals surface area contributed by atoms with Gasteiger partial charge >= 0.3 is 0 Å². The van der Waals surface area contributed by atoms with Gasteiger partial charge in [0.25, 0.3) is 0 Å². The Labute approximate surface area is 192 Å². The van der Waals surface area contributed by atoms with Crippen molar-refractivity contribution >= 4 is 28.9 Å². The molecular formula is C24H31N7O2. The first-order chi connectivity index (χ1) is 16.1. The highest BCUT2D eigenvalue weighted by Gasteiger charge is 2.35. The van der Waals surface area contributed by atoms with E-state index in [2.05, 4.69) is 26.5 Å². The van der Waals surface area contributed by atoms with Crippen molar-refractivity contribution in [1.82, 2.24) is 24.8 Å². The standard InChI is InChI=1S/C24H31N7O2/c32-17-9-5-15(6-10-17)13-21(33)19-3-1-11-30(19)24-26-23(20-4-2-12-31(20)29-24)25-22-14-18(27-28-22)16-7-8-16/h2,4,12,14-17,19,32H,1,3,5-11,13H2,(H2,25,26,27,28,29)/t15?,17?,19-/m0/s1. The van der Waals surface area contributed by atoms with E-state index in [9.17, 15) is 9.90 Å². The molecule has 3 fully saturated rings. The maximum atomic E-state index is 13.2. The lowest BCUT2D eigenvalue weighted by Gasteiger charge is -2.28.